The summed E-state index contributed by atoms with van der Waals surface area (Å²) in [7, 11) is 0. The zero-order valence-corrected chi connectivity index (χ0v) is 5.35. The van der Waals surface area contributed by atoms with Crippen molar-refractivity contribution in [3.8, 4) is 0 Å². The van der Waals surface area contributed by atoms with Crippen LogP contribution in [0.5, 0.6) is 0 Å². The molecule has 8 heavy (non-hydrogen) atoms. The Hall–Kier alpha value is -0.260. The third-order valence-electron chi connectivity index (χ3n) is 2.58. The molecule has 0 radical (unpaired) electrons. The maximum absolute atomic E-state index is 2.49. The number of hydrogen-bond acceptors (Lipinski definition) is 0. The Morgan fingerprint density at radius 3 is 2.62 bits per heavy atom. The molecule has 0 aromatic carbocycles. The maximum atomic E-state index is 2.49. The molecule has 1 saturated carbocycles. The summed E-state index contributed by atoms with van der Waals surface area (Å²) in [6.07, 6.45) is 6.75. The van der Waals surface area contributed by atoms with Crippen molar-refractivity contribution in [1.82, 2.24) is 0 Å². The molecule has 3 aliphatic carbocycles. The van der Waals surface area contributed by atoms with Crippen LogP contribution in [0.1, 0.15) is 26.2 Å². The van der Waals surface area contributed by atoms with E-state index in [0.29, 0.717) is 0 Å². The Balaban J connectivity index is 2.12. The summed E-state index contributed by atoms with van der Waals surface area (Å²) in [6, 6.07) is 0. The summed E-state index contributed by atoms with van der Waals surface area (Å²) in [4.78, 5) is 0. The molecule has 0 heterocycles. The lowest BCUT2D eigenvalue weighted by molar-refractivity contribution is 0.363. The fraction of sp³-hybridized carbons (Fsp3) is 0.750. The van der Waals surface area contributed by atoms with E-state index >= 15 is 0 Å². The lowest BCUT2D eigenvalue weighted by atomic mass is 9.82. The van der Waals surface area contributed by atoms with Gasteiger partial charge in [-0.25, -0.2) is 0 Å². The molecule has 0 spiro atoms. The zero-order chi connectivity index (χ0) is 5.56. The lowest BCUT2D eigenvalue weighted by Crippen LogP contribution is -2.11. The van der Waals surface area contributed by atoms with Crippen LogP contribution in [-0.2, 0) is 0 Å². The van der Waals surface area contributed by atoms with Crippen molar-refractivity contribution in [2.24, 2.45) is 11.8 Å². The molecule has 44 valence electrons. The molecule has 3 aliphatic rings. The van der Waals surface area contributed by atoms with Crippen LogP contribution < -0.4 is 0 Å². The minimum absolute atomic E-state index is 0.977. The van der Waals surface area contributed by atoms with E-state index in [1.165, 1.54) is 19.3 Å². The summed E-state index contributed by atoms with van der Waals surface area (Å²) >= 11 is 0. The lowest BCUT2D eigenvalue weighted by Gasteiger charge is -2.23. The number of allylic oxidation sites excluding steroid dienone is 2. The maximum Gasteiger partial charge on any atom is -0.0199 e. The second-order valence-corrected chi connectivity index (χ2v) is 3.07. The van der Waals surface area contributed by atoms with E-state index in [1.807, 2.05) is 0 Å². The first-order valence-corrected chi connectivity index (χ1v) is 3.59. The second-order valence-electron chi connectivity index (χ2n) is 3.07. The van der Waals surface area contributed by atoms with Crippen LogP contribution in [0, 0.1) is 11.8 Å². The van der Waals surface area contributed by atoms with Crippen molar-refractivity contribution < 1.29 is 0 Å². The van der Waals surface area contributed by atoms with Crippen molar-refractivity contribution in [3.63, 3.8) is 0 Å². The van der Waals surface area contributed by atoms with Crippen LogP contribution in [0.3, 0.4) is 0 Å². The monoisotopic (exact) mass is 108 g/mol. The van der Waals surface area contributed by atoms with E-state index in [1.54, 1.807) is 5.57 Å². The molecule has 0 nitrogen and oxygen atoms in total. The first-order chi connectivity index (χ1) is 3.90. The summed E-state index contributed by atoms with van der Waals surface area (Å²) in [6.45, 7) is 2.29. The highest BCUT2D eigenvalue weighted by Crippen LogP contribution is 2.48. The molecule has 0 aromatic heterocycles. The second kappa shape index (κ2) is 1.37. The molecule has 1 fully saturated rings. The van der Waals surface area contributed by atoms with Crippen LogP contribution in [0.15, 0.2) is 11.6 Å². The molecule has 0 aliphatic heterocycles. The van der Waals surface area contributed by atoms with Gasteiger partial charge in [0.05, 0.1) is 0 Å². The summed E-state index contributed by atoms with van der Waals surface area (Å²) < 4.78 is 0. The molecular formula is C8H12. The average molecular weight is 108 g/mol. The van der Waals surface area contributed by atoms with Gasteiger partial charge in [0.25, 0.3) is 0 Å². The van der Waals surface area contributed by atoms with Gasteiger partial charge in [-0.15, -0.1) is 0 Å². The Labute approximate surface area is 50.6 Å². The predicted octanol–water partition coefficient (Wildman–Crippen LogP) is 2.36. The van der Waals surface area contributed by atoms with Gasteiger partial charge in [-0.2, -0.15) is 0 Å². The van der Waals surface area contributed by atoms with Crippen LogP contribution in [0.25, 0.3) is 0 Å². The molecule has 3 rings (SSSR count). The van der Waals surface area contributed by atoms with Gasteiger partial charge < -0.3 is 0 Å². The zero-order valence-electron chi connectivity index (χ0n) is 5.35. The summed E-state index contributed by atoms with van der Waals surface area (Å²) in [5, 5.41) is 0. The van der Waals surface area contributed by atoms with Gasteiger partial charge in [0.15, 0.2) is 0 Å². The molecule has 0 saturated heterocycles. The molecule has 0 N–H and O–H groups in total. The topological polar surface area (TPSA) is 0 Å². The summed E-state index contributed by atoms with van der Waals surface area (Å²) in [5.74, 6) is 2.06. The molecule has 1 unspecified atom stereocenters. The SMILES string of the molecule is CCC1C=C2CC1C2. The molecular weight excluding hydrogens is 96.1 g/mol. The van der Waals surface area contributed by atoms with Gasteiger partial charge in [0.1, 0.15) is 0 Å². The number of fused-ring (bicyclic) bond motifs is 1. The fourth-order valence-electron chi connectivity index (χ4n) is 1.94. The van der Waals surface area contributed by atoms with Gasteiger partial charge in [0, 0.05) is 0 Å². The van der Waals surface area contributed by atoms with Crippen molar-refractivity contribution in [3.05, 3.63) is 11.6 Å². The minimum Gasteiger partial charge on any atom is -0.0819 e. The molecule has 2 bridgehead atoms. The molecule has 1 atom stereocenters. The van der Waals surface area contributed by atoms with Gasteiger partial charge >= 0.3 is 0 Å². The molecule has 0 heteroatoms. The van der Waals surface area contributed by atoms with Crippen LogP contribution in [0.4, 0.5) is 0 Å². The van der Waals surface area contributed by atoms with Crippen LogP contribution in [0.2, 0.25) is 0 Å². The third-order valence-corrected chi connectivity index (χ3v) is 2.58. The number of rotatable bonds is 1. The van der Waals surface area contributed by atoms with Crippen molar-refractivity contribution in [2.75, 3.05) is 0 Å². The van der Waals surface area contributed by atoms with E-state index in [9.17, 15) is 0 Å². The highest BCUT2D eigenvalue weighted by Gasteiger charge is 2.35. The van der Waals surface area contributed by atoms with Gasteiger partial charge in [0.2, 0.25) is 0 Å². The van der Waals surface area contributed by atoms with E-state index in [4.69, 9.17) is 0 Å². The normalized spacial score (nSPS) is 41.4. The third kappa shape index (κ3) is 0.410. The van der Waals surface area contributed by atoms with E-state index in [0.717, 1.165) is 11.8 Å². The van der Waals surface area contributed by atoms with Crippen molar-refractivity contribution >= 4 is 0 Å². The van der Waals surface area contributed by atoms with Crippen LogP contribution in [-0.4, -0.2) is 0 Å². The first kappa shape index (κ1) is 4.60. The highest BCUT2D eigenvalue weighted by molar-refractivity contribution is 5.24. The van der Waals surface area contributed by atoms with Crippen LogP contribution >= 0.6 is 0 Å². The van der Waals surface area contributed by atoms with Gasteiger partial charge in [-0.3, -0.25) is 0 Å². The summed E-state index contributed by atoms with van der Waals surface area (Å²) in [5.41, 5.74) is 1.74. The van der Waals surface area contributed by atoms with Crippen molar-refractivity contribution in [2.45, 2.75) is 26.2 Å². The fourth-order valence-corrected chi connectivity index (χ4v) is 1.94. The van der Waals surface area contributed by atoms with E-state index < -0.39 is 0 Å². The average Bonchev–Trinajstić information content (AvgIpc) is 2.15. The Morgan fingerprint density at radius 2 is 2.38 bits per heavy atom. The van der Waals surface area contributed by atoms with E-state index in [2.05, 4.69) is 13.0 Å². The van der Waals surface area contributed by atoms with E-state index in [-0.39, 0.29) is 0 Å². The molecule has 0 amide bonds. The number of hydrogen-bond donors (Lipinski definition) is 0. The first-order valence-electron chi connectivity index (χ1n) is 3.59. The minimum atomic E-state index is 0.977. The standard InChI is InChI=1S/C8H12/c1-2-7-3-6-4-8(7)5-6/h3,7-8H,2,4-5H2,1H3. The van der Waals surface area contributed by atoms with Gasteiger partial charge in [-0.1, -0.05) is 18.6 Å². The quantitative estimate of drug-likeness (QED) is 0.452. The Bertz CT molecular complexity index is 125. The van der Waals surface area contributed by atoms with Crippen molar-refractivity contribution in [1.29, 1.82) is 0 Å². The molecule has 0 aromatic rings. The Kier molecular flexibility index (Phi) is 0.787. The largest absolute Gasteiger partial charge is 0.0819 e. The van der Waals surface area contributed by atoms with Gasteiger partial charge in [-0.05, 0) is 31.1 Å². The highest BCUT2D eigenvalue weighted by atomic mass is 14.4. The smallest absolute Gasteiger partial charge is 0.0199 e. The predicted molar refractivity (Wildman–Crippen MR) is 34.6 cm³/mol. The Morgan fingerprint density at radius 1 is 1.62 bits per heavy atom.